The number of nitrogen functional groups attached to an aromatic ring is 1. The van der Waals surface area contributed by atoms with E-state index >= 15 is 0 Å². The molecule has 1 aromatic carbocycles. The molecular formula is C15H17N3S. The van der Waals surface area contributed by atoms with Gasteiger partial charge in [0.2, 0.25) is 0 Å². The summed E-state index contributed by atoms with van der Waals surface area (Å²) in [6, 6.07) is 8.34. The van der Waals surface area contributed by atoms with Gasteiger partial charge in [0.05, 0.1) is 0 Å². The first-order valence-corrected chi connectivity index (χ1v) is 7.34. The van der Waals surface area contributed by atoms with Gasteiger partial charge in [-0.1, -0.05) is 30.0 Å². The summed E-state index contributed by atoms with van der Waals surface area (Å²) in [7, 11) is 0. The topological polar surface area (TPSA) is 51.8 Å². The van der Waals surface area contributed by atoms with Crippen LogP contribution >= 0.6 is 11.8 Å². The van der Waals surface area contributed by atoms with Crippen molar-refractivity contribution >= 4 is 17.6 Å². The number of nitrogens with two attached hydrogens (primary N) is 1. The minimum atomic E-state index is 0.527. The minimum Gasteiger partial charge on any atom is -0.383 e. The Morgan fingerprint density at radius 1 is 1.16 bits per heavy atom. The zero-order chi connectivity index (χ0) is 13.4. The number of anilines is 1. The maximum Gasteiger partial charge on any atom is 0.135 e. The van der Waals surface area contributed by atoms with E-state index in [9.17, 15) is 0 Å². The van der Waals surface area contributed by atoms with Crippen molar-refractivity contribution in [3.63, 3.8) is 0 Å². The van der Waals surface area contributed by atoms with E-state index in [1.54, 1.807) is 11.8 Å². The lowest BCUT2D eigenvalue weighted by Crippen LogP contribution is -2.03. The van der Waals surface area contributed by atoms with Crippen LogP contribution in [-0.2, 0) is 0 Å². The fourth-order valence-electron chi connectivity index (χ4n) is 1.93. The molecule has 2 N–H and O–H groups in total. The summed E-state index contributed by atoms with van der Waals surface area (Å²) in [6.45, 7) is 4.11. The zero-order valence-electron chi connectivity index (χ0n) is 11.2. The Morgan fingerprint density at radius 2 is 1.89 bits per heavy atom. The van der Waals surface area contributed by atoms with E-state index in [4.69, 9.17) is 10.7 Å². The lowest BCUT2D eigenvalue weighted by Gasteiger charge is -2.10. The molecule has 1 aromatic heterocycles. The number of hydrogen-bond acceptors (Lipinski definition) is 4. The maximum absolute atomic E-state index is 6.01. The normalized spacial score (nSPS) is 14.6. The van der Waals surface area contributed by atoms with Crippen LogP contribution in [-0.4, -0.2) is 9.97 Å². The molecule has 0 amide bonds. The monoisotopic (exact) mass is 271 g/mol. The van der Waals surface area contributed by atoms with Crippen LogP contribution in [0.1, 0.15) is 35.7 Å². The van der Waals surface area contributed by atoms with Gasteiger partial charge < -0.3 is 5.73 Å². The number of nitrogens with zero attached hydrogens (tertiary/aromatic N) is 2. The first kappa shape index (κ1) is 12.5. The number of hydrogen-bond donors (Lipinski definition) is 1. The van der Waals surface area contributed by atoms with Crippen molar-refractivity contribution in [2.24, 2.45) is 0 Å². The summed E-state index contributed by atoms with van der Waals surface area (Å²) in [6.07, 6.45) is 2.38. The van der Waals surface area contributed by atoms with Crippen molar-refractivity contribution in [2.45, 2.75) is 42.5 Å². The molecule has 0 atom stereocenters. The van der Waals surface area contributed by atoms with Gasteiger partial charge in [0.25, 0.3) is 0 Å². The van der Waals surface area contributed by atoms with E-state index in [0.717, 1.165) is 16.4 Å². The van der Waals surface area contributed by atoms with E-state index in [1.165, 1.54) is 23.3 Å². The highest BCUT2D eigenvalue weighted by Crippen LogP contribution is 2.40. The molecule has 0 bridgehead atoms. The van der Waals surface area contributed by atoms with Crippen LogP contribution in [0.25, 0.3) is 0 Å². The molecule has 3 rings (SSSR count). The average Bonchev–Trinajstić information content (AvgIpc) is 3.21. The summed E-state index contributed by atoms with van der Waals surface area (Å²) in [5, 5.41) is 0.990. The Balaban J connectivity index is 1.98. The molecule has 1 aliphatic rings. The Hall–Kier alpha value is -1.55. The van der Waals surface area contributed by atoms with E-state index in [-0.39, 0.29) is 0 Å². The summed E-state index contributed by atoms with van der Waals surface area (Å²) >= 11 is 1.68. The molecule has 3 nitrogen and oxygen atoms in total. The molecule has 1 saturated carbocycles. The molecule has 98 valence electrons. The van der Waals surface area contributed by atoms with Gasteiger partial charge in [0.15, 0.2) is 0 Å². The van der Waals surface area contributed by atoms with Crippen molar-refractivity contribution in [3.05, 3.63) is 41.2 Å². The molecule has 1 fully saturated rings. The lowest BCUT2D eigenvalue weighted by molar-refractivity contribution is 0.868. The van der Waals surface area contributed by atoms with Crippen LogP contribution in [0.15, 0.2) is 34.2 Å². The van der Waals surface area contributed by atoms with Crippen molar-refractivity contribution < 1.29 is 0 Å². The highest BCUT2D eigenvalue weighted by atomic mass is 32.2. The van der Waals surface area contributed by atoms with Crippen molar-refractivity contribution in [1.29, 1.82) is 0 Å². The number of rotatable bonds is 3. The highest BCUT2D eigenvalue weighted by Gasteiger charge is 2.28. The summed E-state index contributed by atoms with van der Waals surface area (Å²) < 4.78 is 0. The summed E-state index contributed by atoms with van der Waals surface area (Å²) in [5.74, 6) is 2.06. The molecule has 2 aromatic rings. The minimum absolute atomic E-state index is 0.527. The highest BCUT2D eigenvalue weighted by molar-refractivity contribution is 7.99. The SMILES string of the molecule is Cc1ccccc1Sc1nc(C2CC2)nc(N)c1C. The van der Waals surface area contributed by atoms with Crippen molar-refractivity contribution in [1.82, 2.24) is 9.97 Å². The third kappa shape index (κ3) is 2.59. The molecule has 1 aliphatic carbocycles. The van der Waals surface area contributed by atoms with Crippen LogP contribution in [0, 0.1) is 13.8 Å². The van der Waals surface area contributed by atoms with Crippen LogP contribution in [0.5, 0.6) is 0 Å². The molecule has 0 spiro atoms. The van der Waals surface area contributed by atoms with E-state index in [2.05, 4.69) is 36.2 Å². The predicted molar refractivity (Wildman–Crippen MR) is 78.5 cm³/mol. The van der Waals surface area contributed by atoms with Gasteiger partial charge in [0.1, 0.15) is 16.7 Å². The molecule has 0 saturated heterocycles. The van der Waals surface area contributed by atoms with Crippen molar-refractivity contribution in [2.75, 3.05) is 5.73 Å². The Bertz CT molecular complexity index is 621. The Labute approximate surface area is 117 Å². The second kappa shape index (κ2) is 4.85. The molecule has 0 radical (unpaired) electrons. The fourth-order valence-corrected chi connectivity index (χ4v) is 2.91. The summed E-state index contributed by atoms with van der Waals surface area (Å²) in [5.41, 5.74) is 8.26. The zero-order valence-corrected chi connectivity index (χ0v) is 12.0. The second-order valence-corrected chi connectivity index (χ2v) is 6.07. The van der Waals surface area contributed by atoms with Gasteiger partial charge in [-0.25, -0.2) is 9.97 Å². The largest absolute Gasteiger partial charge is 0.383 e. The smallest absolute Gasteiger partial charge is 0.135 e. The van der Waals surface area contributed by atoms with Crippen LogP contribution in [0.4, 0.5) is 5.82 Å². The van der Waals surface area contributed by atoms with Gasteiger partial charge in [0, 0.05) is 16.4 Å². The molecule has 0 unspecified atom stereocenters. The number of benzene rings is 1. The second-order valence-electron chi connectivity index (χ2n) is 5.04. The van der Waals surface area contributed by atoms with Gasteiger partial charge in [-0.3, -0.25) is 0 Å². The first-order chi connectivity index (χ1) is 9.15. The fraction of sp³-hybridized carbons (Fsp3) is 0.333. The average molecular weight is 271 g/mol. The van der Waals surface area contributed by atoms with Gasteiger partial charge >= 0.3 is 0 Å². The summed E-state index contributed by atoms with van der Waals surface area (Å²) in [4.78, 5) is 10.3. The number of aryl methyl sites for hydroxylation is 1. The Morgan fingerprint density at radius 3 is 2.58 bits per heavy atom. The third-order valence-corrected chi connectivity index (χ3v) is 4.67. The quantitative estimate of drug-likeness (QED) is 0.865. The van der Waals surface area contributed by atoms with E-state index < -0.39 is 0 Å². The molecule has 1 heterocycles. The lowest BCUT2D eigenvalue weighted by atomic mass is 10.2. The molecule has 19 heavy (non-hydrogen) atoms. The molecule has 0 aliphatic heterocycles. The van der Waals surface area contributed by atoms with Crippen LogP contribution in [0.3, 0.4) is 0 Å². The maximum atomic E-state index is 6.01. The van der Waals surface area contributed by atoms with Gasteiger partial charge in [-0.2, -0.15) is 0 Å². The van der Waals surface area contributed by atoms with E-state index in [0.29, 0.717) is 11.7 Å². The number of aromatic nitrogens is 2. The molecule has 4 heteroatoms. The predicted octanol–water partition coefficient (Wildman–Crippen LogP) is 3.70. The van der Waals surface area contributed by atoms with Crippen LogP contribution in [0.2, 0.25) is 0 Å². The first-order valence-electron chi connectivity index (χ1n) is 6.52. The van der Waals surface area contributed by atoms with Gasteiger partial charge in [-0.05, 0) is 38.3 Å². The van der Waals surface area contributed by atoms with Crippen LogP contribution < -0.4 is 5.73 Å². The third-order valence-electron chi connectivity index (χ3n) is 3.40. The Kier molecular flexibility index (Phi) is 3.19. The molecular weight excluding hydrogens is 254 g/mol. The van der Waals surface area contributed by atoms with Crippen molar-refractivity contribution in [3.8, 4) is 0 Å². The van der Waals surface area contributed by atoms with Gasteiger partial charge in [-0.15, -0.1) is 0 Å². The standard InChI is InChI=1S/C15H17N3S/c1-9-5-3-4-6-12(9)19-15-10(2)13(16)17-14(18-15)11-7-8-11/h3-6,11H,7-8H2,1-2H3,(H2,16,17,18). The van der Waals surface area contributed by atoms with E-state index in [1.807, 2.05) is 6.92 Å².